The molecule has 2 unspecified atom stereocenters. The lowest BCUT2D eigenvalue weighted by atomic mass is 10.1. The standard InChI is InChI=1S/C20H25N5O4S/c1-3-29-20(28)15(19-23-10-11-30-19)12-24-16(26)8-9-17(27)25(2)14-6-4-13(5-7-14)18(21)22/h4-7,10-11,15H,3,8-9,12H2,1-2H3,(H3,21,22)(H,24,26)/i3D. The number of hydrogen-bond acceptors (Lipinski definition) is 7. The van der Waals surface area contributed by atoms with E-state index in [-0.39, 0.29) is 37.0 Å². The SMILES string of the molecule is [2H]C(C)OC(=O)C(CNC(=O)CCC(=O)N(C)c1ccc(C(=N)N)cc1)c1nccs1. The van der Waals surface area contributed by atoms with Crippen LogP contribution in [0.25, 0.3) is 0 Å². The number of carbonyl (C=O) groups excluding carboxylic acids is 3. The van der Waals surface area contributed by atoms with Gasteiger partial charge in [-0.05, 0) is 31.2 Å². The minimum absolute atomic E-state index is 0.0209. The summed E-state index contributed by atoms with van der Waals surface area (Å²) < 4.78 is 12.3. The summed E-state index contributed by atoms with van der Waals surface area (Å²) in [5.41, 5.74) is 6.59. The first-order chi connectivity index (χ1) is 14.7. The maximum Gasteiger partial charge on any atom is 0.317 e. The lowest BCUT2D eigenvalue weighted by Gasteiger charge is -2.18. The van der Waals surface area contributed by atoms with Crippen molar-refractivity contribution >= 4 is 40.6 Å². The fourth-order valence-corrected chi connectivity index (χ4v) is 3.30. The van der Waals surface area contributed by atoms with Gasteiger partial charge in [0.1, 0.15) is 16.8 Å². The van der Waals surface area contributed by atoms with Crippen molar-refractivity contribution < 1.29 is 20.5 Å². The largest absolute Gasteiger partial charge is 0.465 e. The third-order valence-electron chi connectivity index (χ3n) is 4.28. The first-order valence-corrected chi connectivity index (χ1v) is 10.1. The second kappa shape index (κ2) is 11.1. The fourth-order valence-electron chi connectivity index (χ4n) is 2.58. The molecule has 0 spiro atoms. The van der Waals surface area contributed by atoms with Crippen molar-refractivity contribution in [2.24, 2.45) is 5.73 Å². The highest BCUT2D eigenvalue weighted by molar-refractivity contribution is 7.09. The lowest BCUT2D eigenvalue weighted by Crippen LogP contribution is -2.34. The summed E-state index contributed by atoms with van der Waals surface area (Å²) in [7, 11) is 1.60. The Labute approximate surface area is 180 Å². The molecule has 9 nitrogen and oxygen atoms in total. The van der Waals surface area contributed by atoms with Crippen molar-refractivity contribution in [3.63, 3.8) is 0 Å². The maximum atomic E-state index is 12.4. The van der Waals surface area contributed by atoms with Gasteiger partial charge in [-0.3, -0.25) is 19.8 Å². The van der Waals surface area contributed by atoms with Crippen LogP contribution >= 0.6 is 11.3 Å². The van der Waals surface area contributed by atoms with Crippen molar-refractivity contribution in [3.8, 4) is 0 Å². The van der Waals surface area contributed by atoms with Crippen LogP contribution in [0.2, 0.25) is 0 Å². The third kappa shape index (κ3) is 6.38. The molecule has 30 heavy (non-hydrogen) atoms. The third-order valence-corrected chi connectivity index (χ3v) is 5.17. The maximum absolute atomic E-state index is 12.4. The van der Waals surface area contributed by atoms with E-state index < -0.39 is 18.5 Å². The zero-order chi connectivity index (χ0) is 23.0. The van der Waals surface area contributed by atoms with E-state index in [0.29, 0.717) is 16.3 Å². The minimum atomic E-state index is -1.02. The van der Waals surface area contributed by atoms with Gasteiger partial charge in [0, 0.05) is 49.3 Å². The predicted molar refractivity (Wildman–Crippen MR) is 115 cm³/mol. The van der Waals surface area contributed by atoms with Crippen LogP contribution < -0.4 is 16.0 Å². The first-order valence-electron chi connectivity index (χ1n) is 9.76. The van der Waals surface area contributed by atoms with E-state index in [1.165, 1.54) is 23.2 Å². The van der Waals surface area contributed by atoms with E-state index in [9.17, 15) is 14.4 Å². The molecule has 0 saturated carbocycles. The van der Waals surface area contributed by atoms with Crippen LogP contribution in [0.5, 0.6) is 0 Å². The summed E-state index contributed by atoms with van der Waals surface area (Å²) >= 11 is 1.25. The van der Waals surface area contributed by atoms with Crippen molar-refractivity contribution in [2.45, 2.75) is 25.7 Å². The second-order valence-electron chi connectivity index (χ2n) is 6.31. The van der Waals surface area contributed by atoms with E-state index >= 15 is 0 Å². The van der Waals surface area contributed by atoms with Crippen molar-refractivity contribution in [3.05, 3.63) is 46.4 Å². The monoisotopic (exact) mass is 432 g/mol. The van der Waals surface area contributed by atoms with E-state index in [1.807, 2.05) is 0 Å². The van der Waals surface area contributed by atoms with Gasteiger partial charge in [-0.1, -0.05) is 0 Å². The zero-order valence-electron chi connectivity index (χ0n) is 17.8. The number of hydrogen-bond donors (Lipinski definition) is 3. The number of benzene rings is 1. The Balaban J connectivity index is 1.87. The molecule has 2 rings (SSSR count). The number of amides is 2. The van der Waals surface area contributed by atoms with Gasteiger partial charge in [-0.25, -0.2) is 4.98 Å². The van der Waals surface area contributed by atoms with Crippen LogP contribution in [0.15, 0.2) is 35.8 Å². The van der Waals surface area contributed by atoms with Crippen molar-refractivity contribution in [1.82, 2.24) is 10.3 Å². The molecule has 1 aromatic heterocycles. The number of aromatic nitrogens is 1. The summed E-state index contributed by atoms with van der Waals surface area (Å²) in [6.45, 7) is 0.364. The molecule has 0 aliphatic heterocycles. The molecule has 0 radical (unpaired) electrons. The Hall–Kier alpha value is -3.27. The molecule has 4 N–H and O–H groups in total. The average Bonchev–Trinajstić information content (AvgIpc) is 3.25. The lowest BCUT2D eigenvalue weighted by molar-refractivity contribution is -0.145. The Morgan fingerprint density at radius 1 is 1.33 bits per heavy atom. The van der Waals surface area contributed by atoms with Gasteiger partial charge in [-0.15, -0.1) is 11.3 Å². The zero-order valence-corrected chi connectivity index (χ0v) is 17.6. The van der Waals surface area contributed by atoms with E-state index in [2.05, 4.69) is 10.3 Å². The number of thiazole rings is 1. The first kappa shape index (κ1) is 21.4. The van der Waals surface area contributed by atoms with Crippen LogP contribution in [0.3, 0.4) is 0 Å². The Morgan fingerprint density at radius 3 is 2.60 bits per heavy atom. The predicted octanol–water partition coefficient (Wildman–Crippen LogP) is 1.63. The molecule has 160 valence electrons. The van der Waals surface area contributed by atoms with Crippen LogP contribution in [0, 0.1) is 5.41 Å². The summed E-state index contributed by atoms with van der Waals surface area (Å²) in [5, 5.41) is 12.2. The Bertz CT molecular complexity index is 918. The normalized spacial score (nSPS) is 12.9. The molecule has 0 aliphatic rings. The quantitative estimate of drug-likeness (QED) is 0.296. The molecule has 0 fully saturated rings. The fraction of sp³-hybridized carbons (Fsp3) is 0.350. The summed E-state index contributed by atoms with van der Waals surface area (Å²) in [4.78, 5) is 42.4. The Kier molecular flexibility index (Phi) is 7.90. The second-order valence-corrected chi connectivity index (χ2v) is 7.24. The Morgan fingerprint density at radius 2 is 2.03 bits per heavy atom. The number of esters is 1. The van der Waals surface area contributed by atoms with Crippen LogP contribution in [-0.2, 0) is 19.1 Å². The molecule has 0 bridgehead atoms. The molecule has 0 saturated heterocycles. The molecule has 1 aromatic carbocycles. The van der Waals surface area contributed by atoms with Crippen molar-refractivity contribution in [1.29, 1.82) is 5.41 Å². The number of carbonyl (C=O) groups is 3. The average molecular weight is 433 g/mol. The molecular weight excluding hydrogens is 406 g/mol. The minimum Gasteiger partial charge on any atom is -0.465 e. The number of amidine groups is 1. The number of anilines is 1. The number of nitrogen functional groups attached to an aromatic ring is 1. The van der Waals surface area contributed by atoms with E-state index in [0.717, 1.165) is 0 Å². The number of rotatable bonds is 10. The summed E-state index contributed by atoms with van der Waals surface area (Å²) in [5.74, 6) is -2.15. The molecule has 2 atom stereocenters. The molecule has 0 aliphatic carbocycles. The van der Waals surface area contributed by atoms with Gasteiger partial charge in [0.15, 0.2) is 0 Å². The number of nitrogens with zero attached hydrogens (tertiary/aromatic N) is 2. The molecule has 1 heterocycles. The van der Waals surface area contributed by atoms with Crippen LogP contribution in [0.4, 0.5) is 5.69 Å². The molecule has 2 amide bonds. The van der Waals surface area contributed by atoms with Crippen LogP contribution in [0.1, 0.15) is 37.6 Å². The highest BCUT2D eigenvalue weighted by atomic mass is 32.1. The van der Waals surface area contributed by atoms with Crippen molar-refractivity contribution in [2.75, 3.05) is 25.1 Å². The van der Waals surface area contributed by atoms with Gasteiger partial charge >= 0.3 is 5.97 Å². The van der Waals surface area contributed by atoms with Gasteiger partial charge in [0.2, 0.25) is 11.8 Å². The van der Waals surface area contributed by atoms with Crippen LogP contribution in [-0.4, -0.2) is 48.8 Å². The number of nitrogens with one attached hydrogen (secondary N) is 2. The van der Waals surface area contributed by atoms with Gasteiger partial charge in [-0.2, -0.15) is 0 Å². The summed E-state index contributed by atoms with van der Waals surface area (Å²) in [6.07, 6.45) is 1.47. The van der Waals surface area contributed by atoms with E-state index in [1.54, 1.807) is 42.9 Å². The van der Waals surface area contributed by atoms with Gasteiger partial charge in [0.25, 0.3) is 0 Å². The molecular formula is C20H25N5O4S. The highest BCUT2D eigenvalue weighted by Gasteiger charge is 2.25. The number of nitrogens with two attached hydrogens (primary N) is 1. The van der Waals surface area contributed by atoms with E-state index in [4.69, 9.17) is 17.3 Å². The molecule has 10 heteroatoms. The molecule has 2 aromatic rings. The smallest absolute Gasteiger partial charge is 0.317 e. The highest BCUT2D eigenvalue weighted by Crippen LogP contribution is 2.19. The topological polar surface area (TPSA) is 138 Å². The summed E-state index contributed by atoms with van der Waals surface area (Å²) in [6, 6.07) is 6.63. The number of ether oxygens (including phenoxy) is 1. The van der Waals surface area contributed by atoms with Gasteiger partial charge < -0.3 is 20.7 Å². The van der Waals surface area contributed by atoms with Gasteiger partial charge in [0.05, 0.1) is 7.95 Å².